The average Bonchev–Trinajstić information content (AvgIpc) is 2.47. The van der Waals surface area contributed by atoms with Crippen LogP contribution in [0.2, 0.25) is 5.15 Å². The van der Waals surface area contributed by atoms with Gasteiger partial charge < -0.3 is 10.2 Å². The quantitative estimate of drug-likeness (QED) is 0.925. The molecule has 1 N–H and O–H groups in total. The van der Waals surface area contributed by atoms with E-state index < -0.39 is 0 Å². The van der Waals surface area contributed by atoms with Gasteiger partial charge in [0.1, 0.15) is 0 Å². The number of aromatic nitrogens is 2. The van der Waals surface area contributed by atoms with Crippen molar-refractivity contribution in [2.24, 2.45) is 0 Å². The fourth-order valence-electron chi connectivity index (χ4n) is 2.53. The molecule has 1 aliphatic heterocycles. The first kappa shape index (κ1) is 15.3. The van der Waals surface area contributed by atoms with Crippen molar-refractivity contribution in [3.05, 3.63) is 29.4 Å². The molecule has 0 aliphatic carbocycles. The van der Waals surface area contributed by atoms with E-state index in [0.717, 1.165) is 36.4 Å². The van der Waals surface area contributed by atoms with Gasteiger partial charge in [0.25, 0.3) is 0 Å². The molecule has 0 spiro atoms. The Hall–Kier alpha value is -1.10. The third kappa shape index (κ3) is 2.97. The van der Waals surface area contributed by atoms with Gasteiger partial charge in [-0.05, 0) is 31.5 Å². The zero-order valence-electron chi connectivity index (χ0n) is 11.3. The summed E-state index contributed by atoms with van der Waals surface area (Å²) in [6, 6.07) is 8.25. The summed E-state index contributed by atoms with van der Waals surface area (Å²) >= 11 is 6.28. The van der Waals surface area contributed by atoms with Crippen molar-refractivity contribution in [2.75, 3.05) is 25.0 Å². The molecule has 0 saturated carbocycles. The second-order valence-electron chi connectivity index (χ2n) is 4.94. The first-order valence-electron chi connectivity index (χ1n) is 6.61. The second kappa shape index (κ2) is 6.57. The molecular weight excluding hydrogens is 295 g/mol. The summed E-state index contributed by atoms with van der Waals surface area (Å²) < 4.78 is 0. The van der Waals surface area contributed by atoms with E-state index in [1.165, 1.54) is 6.42 Å². The first-order chi connectivity index (χ1) is 9.25. The minimum absolute atomic E-state index is 0. The lowest BCUT2D eigenvalue weighted by Gasteiger charge is -2.32. The minimum atomic E-state index is 0. The zero-order chi connectivity index (χ0) is 13.2. The van der Waals surface area contributed by atoms with Crippen LogP contribution in [0.3, 0.4) is 0 Å². The molecule has 3 rings (SSSR count). The van der Waals surface area contributed by atoms with Crippen molar-refractivity contribution in [3.8, 4) is 0 Å². The lowest BCUT2D eigenvalue weighted by Crippen LogP contribution is -2.44. The number of anilines is 1. The number of nitrogens with one attached hydrogen (secondary N) is 1. The van der Waals surface area contributed by atoms with Crippen molar-refractivity contribution in [1.29, 1.82) is 0 Å². The van der Waals surface area contributed by atoms with Gasteiger partial charge >= 0.3 is 0 Å². The van der Waals surface area contributed by atoms with Gasteiger partial charge in [-0.15, -0.1) is 12.4 Å². The molecule has 1 saturated heterocycles. The molecule has 20 heavy (non-hydrogen) atoms. The molecule has 2 heterocycles. The van der Waals surface area contributed by atoms with Crippen molar-refractivity contribution in [1.82, 2.24) is 15.3 Å². The van der Waals surface area contributed by atoms with Crippen LogP contribution in [0.25, 0.3) is 11.0 Å². The van der Waals surface area contributed by atoms with E-state index in [4.69, 9.17) is 11.6 Å². The Balaban J connectivity index is 0.00000147. The zero-order valence-corrected chi connectivity index (χ0v) is 12.9. The standard InChI is InChI=1S/C14H17ClN4.ClH/c1-19(10-5-4-8-16-9-10)14-13(15)17-11-6-2-3-7-12(11)18-14;/h2-3,6-7,10,16H,4-5,8-9H2,1H3;1H. The van der Waals surface area contributed by atoms with Crippen molar-refractivity contribution in [3.63, 3.8) is 0 Å². The summed E-state index contributed by atoms with van der Waals surface area (Å²) in [6.07, 6.45) is 2.35. The summed E-state index contributed by atoms with van der Waals surface area (Å²) in [5.74, 6) is 0.772. The summed E-state index contributed by atoms with van der Waals surface area (Å²) in [7, 11) is 2.04. The highest BCUT2D eigenvalue weighted by atomic mass is 35.5. The van der Waals surface area contributed by atoms with E-state index in [1.54, 1.807) is 0 Å². The van der Waals surface area contributed by atoms with Crippen molar-refractivity contribution in [2.45, 2.75) is 18.9 Å². The van der Waals surface area contributed by atoms with Gasteiger partial charge in [0, 0.05) is 19.6 Å². The number of likely N-dealkylation sites (N-methyl/N-ethyl adjacent to an activating group) is 1. The number of piperidine rings is 1. The Morgan fingerprint density at radius 2 is 1.95 bits per heavy atom. The Morgan fingerprint density at radius 1 is 1.25 bits per heavy atom. The van der Waals surface area contributed by atoms with Gasteiger partial charge in [-0.3, -0.25) is 0 Å². The highest BCUT2D eigenvalue weighted by Crippen LogP contribution is 2.26. The van der Waals surface area contributed by atoms with E-state index in [9.17, 15) is 0 Å². The van der Waals surface area contributed by atoms with E-state index in [-0.39, 0.29) is 12.4 Å². The Kier molecular flexibility index (Phi) is 5.02. The molecule has 1 unspecified atom stereocenters. The van der Waals surface area contributed by atoms with Crippen molar-refractivity contribution >= 4 is 40.9 Å². The molecule has 0 amide bonds. The summed E-state index contributed by atoms with van der Waals surface area (Å²) in [6.45, 7) is 2.07. The average molecular weight is 313 g/mol. The monoisotopic (exact) mass is 312 g/mol. The van der Waals surface area contributed by atoms with Gasteiger partial charge in [0.05, 0.1) is 11.0 Å². The Labute approximate surface area is 130 Å². The fraction of sp³-hybridized carbons (Fsp3) is 0.429. The maximum atomic E-state index is 6.28. The third-order valence-corrected chi connectivity index (χ3v) is 3.92. The highest BCUT2D eigenvalue weighted by molar-refractivity contribution is 6.32. The van der Waals surface area contributed by atoms with E-state index in [1.807, 2.05) is 31.3 Å². The highest BCUT2D eigenvalue weighted by Gasteiger charge is 2.21. The topological polar surface area (TPSA) is 41.1 Å². The molecule has 1 atom stereocenters. The predicted molar refractivity (Wildman–Crippen MR) is 86.1 cm³/mol. The maximum Gasteiger partial charge on any atom is 0.172 e. The van der Waals surface area contributed by atoms with Gasteiger partial charge in [-0.1, -0.05) is 23.7 Å². The molecule has 0 radical (unpaired) electrons. The lowest BCUT2D eigenvalue weighted by molar-refractivity contribution is 0.443. The maximum absolute atomic E-state index is 6.28. The van der Waals surface area contributed by atoms with E-state index in [0.29, 0.717) is 11.2 Å². The first-order valence-corrected chi connectivity index (χ1v) is 6.99. The molecule has 0 bridgehead atoms. The van der Waals surface area contributed by atoms with E-state index >= 15 is 0 Å². The molecule has 2 aromatic rings. The molecule has 1 fully saturated rings. The van der Waals surface area contributed by atoms with Gasteiger partial charge in [0.2, 0.25) is 0 Å². The largest absolute Gasteiger partial charge is 0.353 e. The van der Waals surface area contributed by atoms with Crippen LogP contribution in [0.1, 0.15) is 12.8 Å². The van der Waals surface area contributed by atoms with Crippen LogP contribution in [0.5, 0.6) is 0 Å². The number of para-hydroxylation sites is 2. The molecule has 1 aliphatic rings. The molecule has 6 heteroatoms. The molecule has 4 nitrogen and oxygen atoms in total. The Morgan fingerprint density at radius 3 is 2.60 bits per heavy atom. The van der Waals surface area contributed by atoms with Crippen LogP contribution < -0.4 is 10.2 Å². The van der Waals surface area contributed by atoms with Crippen LogP contribution in [0.15, 0.2) is 24.3 Å². The molecule has 108 valence electrons. The lowest BCUT2D eigenvalue weighted by atomic mass is 10.1. The minimum Gasteiger partial charge on any atom is -0.353 e. The normalized spacial score (nSPS) is 18.6. The number of benzene rings is 1. The number of rotatable bonds is 2. The molecule has 1 aromatic heterocycles. The number of nitrogens with zero attached hydrogens (tertiary/aromatic N) is 3. The van der Waals surface area contributed by atoms with Crippen LogP contribution in [0, 0.1) is 0 Å². The smallest absolute Gasteiger partial charge is 0.172 e. The Bertz CT molecular complexity index is 584. The van der Waals surface area contributed by atoms with Crippen LogP contribution in [0.4, 0.5) is 5.82 Å². The summed E-state index contributed by atoms with van der Waals surface area (Å²) in [5, 5.41) is 3.89. The molecular formula is C14H18Cl2N4. The second-order valence-corrected chi connectivity index (χ2v) is 5.30. The number of fused-ring (bicyclic) bond motifs is 1. The van der Waals surface area contributed by atoms with Crippen LogP contribution in [-0.4, -0.2) is 36.1 Å². The third-order valence-electron chi connectivity index (χ3n) is 3.66. The van der Waals surface area contributed by atoms with Crippen LogP contribution >= 0.6 is 24.0 Å². The number of hydrogen-bond donors (Lipinski definition) is 1. The number of hydrogen-bond acceptors (Lipinski definition) is 4. The van der Waals surface area contributed by atoms with Crippen LogP contribution in [-0.2, 0) is 0 Å². The fourth-order valence-corrected chi connectivity index (χ4v) is 2.80. The number of halogens is 2. The van der Waals surface area contributed by atoms with Gasteiger partial charge in [0.15, 0.2) is 11.0 Å². The SMILES string of the molecule is CN(c1nc2ccccc2nc1Cl)C1CCCNC1.Cl. The molecule has 1 aromatic carbocycles. The predicted octanol–water partition coefficient (Wildman–Crippen LogP) is 2.89. The van der Waals surface area contributed by atoms with Gasteiger partial charge in [-0.2, -0.15) is 0 Å². The van der Waals surface area contributed by atoms with E-state index in [2.05, 4.69) is 20.2 Å². The summed E-state index contributed by atoms with van der Waals surface area (Å²) in [5.41, 5.74) is 1.73. The summed E-state index contributed by atoms with van der Waals surface area (Å²) in [4.78, 5) is 11.2. The van der Waals surface area contributed by atoms with Gasteiger partial charge in [-0.25, -0.2) is 9.97 Å². The van der Waals surface area contributed by atoms with Crippen molar-refractivity contribution < 1.29 is 0 Å².